The third-order valence-corrected chi connectivity index (χ3v) is 5.96. The van der Waals surface area contributed by atoms with Gasteiger partial charge in [-0.2, -0.15) is 0 Å². The predicted molar refractivity (Wildman–Crippen MR) is 82.4 cm³/mol. The molecule has 3 rings (SSSR count). The van der Waals surface area contributed by atoms with Crippen molar-refractivity contribution in [1.29, 1.82) is 0 Å². The summed E-state index contributed by atoms with van der Waals surface area (Å²) in [6.45, 7) is 0.797. The second-order valence-electron chi connectivity index (χ2n) is 6.32. The molecule has 2 aliphatic carbocycles. The van der Waals surface area contributed by atoms with Crippen LogP contribution in [0.2, 0.25) is 10.0 Å². The summed E-state index contributed by atoms with van der Waals surface area (Å²) < 4.78 is 0. The monoisotopic (exact) mass is 349 g/mol. The van der Waals surface area contributed by atoms with Gasteiger partial charge in [0.05, 0.1) is 16.1 Å². The van der Waals surface area contributed by atoms with Gasteiger partial charge in [-0.05, 0) is 49.8 Å². The van der Waals surface area contributed by atoms with Gasteiger partial charge in [-0.1, -0.05) is 35.7 Å². The zero-order valence-corrected chi connectivity index (χ0v) is 14.3. The Morgan fingerprint density at radius 2 is 1.90 bits per heavy atom. The standard InChI is InChI=1S/C16H21Cl2NO.ClH/c17-13-6-5-11(9-14(13)18)16(7-2-8-16)15(20)10-19-12-3-1-4-12;/h5-6,9,12,15,19-20H,1-4,7-8,10H2;1H. The number of aliphatic hydroxyl groups is 1. The maximum atomic E-state index is 10.7. The number of hydrogen-bond donors (Lipinski definition) is 2. The molecule has 0 saturated heterocycles. The average Bonchev–Trinajstić information content (AvgIpc) is 2.30. The summed E-state index contributed by atoms with van der Waals surface area (Å²) in [5, 5.41) is 14.2. The summed E-state index contributed by atoms with van der Waals surface area (Å²) in [5.74, 6) is 0. The molecule has 2 nitrogen and oxygen atoms in total. The Bertz CT molecular complexity index is 486. The Morgan fingerprint density at radius 1 is 1.19 bits per heavy atom. The van der Waals surface area contributed by atoms with E-state index in [2.05, 4.69) is 5.32 Å². The highest BCUT2D eigenvalue weighted by Crippen LogP contribution is 2.47. The van der Waals surface area contributed by atoms with Gasteiger partial charge in [-0.15, -0.1) is 0 Å². The van der Waals surface area contributed by atoms with Crippen LogP contribution in [-0.2, 0) is 5.41 Å². The number of quaternary nitrogens is 1. The molecule has 118 valence electrons. The number of aliphatic hydroxyl groups excluding tert-OH is 1. The van der Waals surface area contributed by atoms with Crippen molar-refractivity contribution in [2.45, 2.75) is 56.1 Å². The molecule has 2 fully saturated rings. The van der Waals surface area contributed by atoms with Crippen LogP contribution in [0.25, 0.3) is 0 Å². The quantitative estimate of drug-likeness (QED) is 0.764. The lowest BCUT2D eigenvalue weighted by atomic mass is 9.61. The predicted octanol–water partition coefficient (Wildman–Crippen LogP) is -0.104. The van der Waals surface area contributed by atoms with Crippen LogP contribution in [0.5, 0.6) is 0 Å². The normalized spacial score (nSPS) is 21.9. The van der Waals surface area contributed by atoms with Crippen molar-refractivity contribution in [2.24, 2.45) is 0 Å². The molecule has 0 spiro atoms. The Balaban J connectivity index is 0.00000161. The second kappa shape index (κ2) is 7.06. The lowest BCUT2D eigenvalue weighted by molar-refractivity contribution is -0.705. The molecule has 0 amide bonds. The molecule has 0 bridgehead atoms. The highest BCUT2D eigenvalue weighted by atomic mass is 35.5. The first-order valence-corrected chi connectivity index (χ1v) is 8.34. The van der Waals surface area contributed by atoms with Crippen LogP contribution in [0.4, 0.5) is 0 Å². The molecule has 1 aromatic rings. The molecular weight excluding hydrogens is 329 g/mol. The largest absolute Gasteiger partial charge is 1.00 e. The molecule has 21 heavy (non-hydrogen) atoms. The second-order valence-corrected chi connectivity index (χ2v) is 7.13. The van der Waals surface area contributed by atoms with Crippen molar-refractivity contribution in [3.8, 4) is 0 Å². The van der Waals surface area contributed by atoms with Gasteiger partial charge in [0.1, 0.15) is 12.6 Å². The highest BCUT2D eigenvalue weighted by molar-refractivity contribution is 6.42. The molecule has 1 aromatic carbocycles. The minimum atomic E-state index is -0.297. The number of benzene rings is 1. The van der Waals surface area contributed by atoms with E-state index in [4.69, 9.17) is 23.2 Å². The van der Waals surface area contributed by atoms with Crippen molar-refractivity contribution < 1.29 is 22.8 Å². The average molecular weight is 351 g/mol. The van der Waals surface area contributed by atoms with E-state index >= 15 is 0 Å². The van der Waals surface area contributed by atoms with E-state index in [-0.39, 0.29) is 23.9 Å². The van der Waals surface area contributed by atoms with E-state index in [1.165, 1.54) is 25.7 Å². The van der Waals surface area contributed by atoms with Gasteiger partial charge in [0, 0.05) is 5.41 Å². The third kappa shape index (κ3) is 3.35. The molecule has 2 saturated carbocycles. The van der Waals surface area contributed by atoms with Gasteiger partial charge in [-0.25, -0.2) is 0 Å². The van der Waals surface area contributed by atoms with Crippen molar-refractivity contribution in [3.05, 3.63) is 33.8 Å². The lowest BCUT2D eigenvalue weighted by Crippen LogP contribution is -3.00. The number of nitrogens with two attached hydrogens (primary N) is 1. The first-order chi connectivity index (χ1) is 9.62. The molecule has 0 aromatic heterocycles. The Morgan fingerprint density at radius 3 is 2.38 bits per heavy atom. The van der Waals surface area contributed by atoms with Crippen molar-refractivity contribution in [2.75, 3.05) is 6.54 Å². The van der Waals surface area contributed by atoms with Crippen LogP contribution in [0.15, 0.2) is 18.2 Å². The van der Waals surface area contributed by atoms with Crippen LogP contribution in [0, 0.1) is 0 Å². The molecule has 0 heterocycles. The molecule has 5 heteroatoms. The lowest BCUT2D eigenvalue weighted by Gasteiger charge is -2.46. The summed E-state index contributed by atoms with van der Waals surface area (Å²) in [6.07, 6.45) is 6.92. The number of rotatable bonds is 5. The van der Waals surface area contributed by atoms with Crippen LogP contribution in [0.3, 0.4) is 0 Å². The van der Waals surface area contributed by atoms with E-state index in [1.54, 1.807) is 0 Å². The summed E-state index contributed by atoms with van der Waals surface area (Å²) in [5.41, 5.74) is 1.04. The van der Waals surface area contributed by atoms with Gasteiger partial charge >= 0.3 is 0 Å². The minimum Gasteiger partial charge on any atom is -1.00 e. The first kappa shape index (κ1) is 17.4. The Kier molecular flexibility index (Phi) is 5.84. The van der Waals surface area contributed by atoms with Crippen LogP contribution >= 0.6 is 23.2 Å². The molecule has 2 aliphatic rings. The minimum absolute atomic E-state index is 0. The zero-order valence-electron chi connectivity index (χ0n) is 12.0. The molecule has 3 N–H and O–H groups in total. The fraction of sp³-hybridized carbons (Fsp3) is 0.625. The SMILES string of the molecule is OC(C[NH2+]C1CCC1)C1(c2ccc(Cl)c(Cl)c2)CCC1.[Cl-]. The summed E-state index contributed by atoms with van der Waals surface area (Å²) in [4.78, 5) is 0. The van der Waals surface area contributed by atoms with Gasteiger partial charge in [0.25, 0.3) is 0 Å². The third-order valence-electron chi connectivity index (χ3n) is 5.22. The van der Waals surface area contributed by atoms with Gasteiger partial charge in [0.15, 0.2) is 0 Å². The zero-order chi connectivity index (χ0) is 14.2. The van der Waals surface area contributed by atoms with Gasteiger partial charge in [-0.3, -0.25) is 0 Å². The smallest absolute Gasteiger partial charge is 0.112 e. The van der Waals surface area contributed by atoms with Crippen molar-refractivity contribution in [3.63, 3.8) is 0 Å². The summed E-state index contributed by atoms with van der Waals surface area (Å²) >= 11 is 12.1. The van der Waals surface area contributed by atoms with Crippen LogP contribution in [0.1, 0.15) is 44.1 Å². The van der Waals surface area contributed by atoms with Gasteiger partial charge < -0.3 is 22.8 Å². The van der Waals surface area contributed by atoms with Crippen LogP contribution < -0.4 is 17.7 Å². The number of halogens is 3. The number of hydrogen-bond acceptors (Lipinski definition) is 1. The van der Waals surface area contributed by atoms with E-state index in [9.17, 15) is 5.11 Å². The first-order valence-electron chi connectivity index (χ1n) is 7.59. The maximum Gasteiger partial charge on any atom is 0.112 e. The fourth-order valence-corrected chi connectivity index (χ4v) is 3.70. The van der Waals surface area contributed by atoms with Crippen LogP contribution in [-0.4, -0.2) is 23.8 Å². The summed E-state index contributed by atoms with van der Waals surface area (Å²) in [7, 11) is 0. The van der Waals surface area contributed by atoms with Crippen molar-refractivity contribution in [1.82, 2.24) is 0 Å². The van der Waals surface area contributed by atoms with E-state index in [0.717, 1.165) is 31.0 Å². The topological polar surface area (TPSA) is 36.8 Å². The highest BCUT2D eigenvalue weighted by Gasteiger charge is 2.46. The molecule has 1 atom stereocenters. The fourth-order valence-electron chi connectivity index (χ4n) is 3.40. The van der Waals surface area contributed by atoms with E-state index in [1.807, 2.05) is 18.2 Å². The summed E-state index contributed by atoms with van der Waals surface area (Å²) in [6, 6.07) is 6.55. The van der Waals surface area contributed by atoms with E-state index in [0.29, 0.717) is 10.0 Å². The molecular formula is C16H22Cl3NO. The Labute approximate surface area is 142 Å². The Hall–Kier alpha value is 0.01000. The molecule has 1 unspecified atom stereocenters. The maximum absolute atomic E-state index is 10.7. The molecule has 0 radical (unpaired) electrons. The van der Waals surface area contributed by atoms with E-state index < -0.39 is 0 Å². The molecule has 0 aliphatic heterocycles. The van der Waals surface area contributed by atoms with Gasteiger partial charge in [0.2, 0.25) is 0 Å². The van der Waals surface area contributed by atoms with Crippen molar-refractivity contribution >= 4 is 23.2 Å².